The highest BCUT2D eigenvalue weighted by Gasteiger charge is 2.45. The maximum atomic E-state index is 2.66. The lowest BCUT2D eigenvalue weighted by Crippen LogP contribution is -2.60. The SMILES string of the molecule is c1ccc(-c2cc(-c3ccccc3)cc(-c3ccccc3N3c4cc5c6ccc(-c7ccccc7)cc6n(-c6ccccc6)c5cc4B4c5c3cc(-c3ccccc3)cc5-n3c5ccccc5c5cc6c(c4c53)c3ccccc3n6-c3ccccc3)c2)cc1. The van der Waals surface area contributed by atoms with Gasteiger partial charge in [-0.2, -0.15) is 0 Å². The van der Waals surface area contributed by atoms with Gasteiger partial charge in [0.1, 0.15) is 0 Å². The first kappa shape index (κ1) is 49.6. The van der Waals surface area contributed by atoms with Crippen molar-refractivity contribution in [1.82, 2.24) is 13.7 Å². The van der Waals surface area contributed by atoms with E-state index in [-0.39, 0.29) is 6.71 Å². The molecule has 0 aliphatic carbocycles. The summed E-state index contributed by atoms with van der Waals surface area (Å²) in [5, 5.41) is 7.38. The van der Waals surface area contributed by atoms with Crippen LogP contribution in [0.3, 0.4) is 0 Å². The first-order valence-corrected chi connectivity index (χ1v) is 30.9. The Morgan fingerprint density at radius 2 is 0.697 bits per heavy atom. The van der Waals surface area contributed by atoms with Crippen molar-refractivity contribution in [2.45, 2.75) is 0 Å². The Morgan fingerprint density at radius 1 is 0.225 bits per heavy atom. The van der Waals surface area contributed by atoms with Crippen LogP contribution in [0.5, 0.6) is 0 Å². The molecule has 5 heteroatoms. The van der Waals surface area contributed by atoms with Gasteiger partial charge in [-0.1, -0.05) is 224 Å². The van der Waals surface area contributed by atoms with Crippen molar-refractivity contribution in [3.8, 4) is 72.7 Å². The first-order chi connectivity index (χ1) is 44.2. The monoisotopic (exact) mass is 1130 g/mol. The van der Waals surface area contributed by atoms with Gasteiger partial charge in [0.25, 0.3) is 6.71 Å². The number of nitrogens with zero attached hydrogens (tertiary/aromatic N) is 4. The lowest BCUT2D eigenvalue weighted by Gasteiger charge is -2.41. The van der Waals surface area contributed by atoms with E-state index in [0.717, 1.165) is 50.6 Å². The average molecular weight is 1130 g/mol. The van der Waals surface area contributed by atoms with E-state index >= 15 is 0 Å². The predicted octanol–water partition coefficient (Wildman–Crippen LogP) is 19.9. The van der Waals surface area contributed by atoms with Gasteiger partial charge in [0.15, 0.2) is 0 Å². The van der Waals surface area contributed by atoms with Gasteiger partial charge >= 0.3 is 0 Å². The van der Waals surface area contributed by atoms with Gasteiger partial charge in [-0.3, -0.25) is 0 Å². The van der Waals surface area contributed by atoms with Crippen LogP contribution in [-0.2, 0) is 0 Å². The molecule has 0 fully saturated rings. The molecule has 0 unspecified atom stereocenters. The van der Waals surface area contributed by atoms with Crippen LogP contribution in [0.1, 0.15) is 0 Å². The van der Waals surface area contributed by atoms with Gasteiger partial charge in [-0.15, -0.1) is 0 Å². The van der Waals surface area contributed by atoms with Crippen molar-refractivity contribution < 1.29 is 0 Å². The molecule has 19 rings (SSSR count). The van der Waals surface area contributed by atoms with Crippen molar-refractivity contribution in [3.05, 3.63) is 322 Å². The van der Waals surface area contributed by atoms with Gasteiger partial charge in [0.05, 0.1) is 38.8 Å². The second kappa shape index (κ2) is 19.4. The van der Waals surface area contributed by atoms with Crippen molar-refractivity contribution in [3.63, 3.8) is 0 Å². The Hall–Kier alpha value is -11.7. The Labute approximate surface area is 515 Å². The fraction of sp³-hybridized carbons (Fsp3) is 0. The third kappa shape index (κ3) is 7.43. The number of anilines is 3. The molecule has 0 bridgehead atoms. The van der Waals surface area contributed by atoms with Gasteiger partial charge in [-0.05, 0) is 164 Å². The van der Waals surface area contributed by atoms with E-state index in [4.69, 9.17) is 0 Å². The maximum absolute atomic E-state index is 2.66. The molecule has 0 spiro atoms. The summed E-state index contributed by atoms with van der Waals surface area (Å²) in [5.74, 6) is 0. The van der Waals surface area contributed by atoms with E-state index in [1.54, 1.807) is 0 Å². The van der Waals surface area contributed by atoms with Crippen molar-refractivity contribution in [2.24, 2.45) is 0 Å². The number of hydrogen-bond donors (Lipinski definition) is 0. The highest BCUT2D eigenvalue weighted by molar-refractivity contribution is 7.02. The van der Waals surface area contributed by atoms with Crippen LogP contribution in [0.15, 0.2) is 322 Å². The van der Waals surface area contributed by atoms with Crippen molar-refractivity contribution in [1.29, 1.82) is 0 Å². The highest BCUT2D eigenvalue weighted by Crippen LogP contribution is 2.50. The van der Waals surface area contributed by atoms with Crippen LogP contribution in [0, 0.1) is 0 Å². The van der Waals surface area contributed by atoms with Crippen LogP contribution in [-0.4, -0.2) is 20.4 Å². The number of hydrogen-bond acceptors (Lipinski definition) is 1. The average Bonchev–Trinajstić information content (AvgIpc) is 1.61. The quantitative estimate of drug-likeness (QED) is 0.139. The third-order valence-corrected chi connectivity index (χ3v) is 19.1. The van der Waals surface area contributed by atoms with Gasteiger partial charge in [0, 0.05) is 66.3 Å². The fourth-order valence-corrected chi connectivity index (χ4v) is 15.4. The Bertz CT molecular complexity index is 5650. The number of rotatable bonds is 8. The molecule has 5 heterocycles. The molecule has 412 valence electrons. The van der Waals surface area contributed by atoms with E-state index < -0.39 is 0 Å². The molecule has 0 N–H and O–H groups in total. The van der Waals surface area contributed by atoms with Crippen molar-refractivity contribution in [2.75, 3.05) is 4.90 Å². The zero-order chi connectivity index (χ0) is 58.3. The number of para-hydroxylation sites is 5. The first-order valence-electron chi connectivity index (χ1n) is 30.9. The molecule has 17 aromatic rings. The largest absolute Gasteiger partial charge is 0.311 e. The minimum Gasteiger partial charge on any atom is -0.311 e. The zero-order valence-electron chi connectivity index (χ0n) is 48.5. The minimum atomic E-state index is -0.223. The number of benzene rings is 14. The topological polar surface area (TPSA) is 18.0 Å². The summed E-state index contributed by atoms with van der Waals surface area (Å²) in [6.07, 6.45) is 0. The van der Waals surface area contributed by atoms with E-state index in [0.29, 0.717) is 0 Å². The Balaban J connectivity index is 1.00. The predicted molar refractivity (Wildman–Crippen MR) is 376 cm³/mol. The lowest BCUT2D eigenvalue weighted by atomic mass is 9.33. The maximum Gasteiger partial charge on any atom is 0.253 e. The Morgan fingerprint density at radius 3 is 1.33 bits per heavy atom. The summed E-state index contributed by atoms with van der Waals surface area (Å²) < 4.78 is 7.69. The lowest BCUT2D eigenvalue weighted by molar-refractivity contribution is 1.17. The van der Waals surface area contributed by atoms with E-state index in [1.165, 1.54) is 121 Å². The summed E-state index contributed by atoms with van der Waals surface area (Å²) in [7, 11) is 0. The standard InChI is InChI=1S/C84H53BN4/c1-7-25-54(26-8-1)58-43-44-67-69-51-77-71(53-76(69)87(75(67)48-58)64-35-17-6-18-36-64)85-82-79(88(77)72-40-22-19-37-65(72)62-46-59(55-27-9-2-10-28-55)45-60(47-62)56-29-11-3-12-30-56)49-61(57-31-13-4-14-32-57)50-80(82)89-73-41-23-20-38-66(73)70-52-78-81(83(85)84(70)89)68-39-21-24-42-74(68)86(78)63-33-15-5-16-34-63/h1-53H. The normalized spacial score (nSPS) is 12.4. The molecule has 2 aliphatic rings. The van der Waals surface area contributed by atoms with Gasteiger partial charge in [0.2, 0.25) is 0 Å². The highest BCUT2D eigenvalue weighted by atomic mass is 15.2. The molecule has 0 saturated carbocycles. The van der Waals surface area contributed by atoms with Gasteiger partial charge in [-0.25, -0.2) is 0 Å². The zero-order valence-corrected chi connectivity index (χ0v) is 48.5. The van der Waals surface area contributed by atoms with Crippen LogP contribution < -0.4 is 21.3 Å². The number of fused-ring (bicyclic) bond motifs is 14. The molecule has 4 nitrogen and oxygen atoms in total. The van der Waals surface area contributed by atoms with Crippen LogP contribution in [0.25, 0.3) is 138 Å². The van der Waals surface area contributed by atoms with Crippen LogP contribution in [0.2, 0.25) is 0 Å². The molecule has 0 amide bonds. The van der Waals surface area contributed by atoms with Crippen molar-refractivity contribution >= 4 is 106 Å². The molecule has 3 aromatic heterocycles. The minimum absolute atomic E-state index is 0.223. The third-order valence-electron chi connectivity index (χ3n) is 19.1. The summed E-state index contributed by atoms with van der Waals surface area (Å²) >= 11 is 0. The molecular weight excluding hydrogens is 1080 g/mol. The second-order valence-corrected chi connectivity index (χ2v) is 23.9. The molecule has 0 atom stereocenters. The molecule has 0 radical (unpaired) electrons. The van der Waals surface area contributed by atoms with Crippen LogP contribution in [0.4, 0.5) is 17.1 Å². The summed E-state index contributed by atoms with van der Waals surface area (Å²) in [6, 6.07) is 120. The molecule has 89 heavy (non-hydrogen) atoms. The summed E-state index contributed by atoms with van der Waals surface area (Å²) in [6.45, 7) is -0.223. The summed E-state index contributed by atoms with van der Waals surface area (Å²) in [4.78, 5) is 2.66. The van der Waals surface area contributed by atoms with E-state index in [9.17, 15) is 0 Å². The molecule has 14 aromatic carbocycles. The smallest absolute Gasteiger partial charge is 0.253 e. The van der Waals surface area contributed by atoms with Crippen LogP contribution >= 0.6 is 0 Å². The van der Waals surface area contributed by atoms with Gasteiger partial charge < -0.3 is 18.6 Å². The Kier molecular flexibility index (Phi) is 10.8. The molecule has 0 saturated heterocycles. The molecular formula is C84H53BN4. The second-order valence-electron chi connectivity index (χ2n) is 23.9. The van der Waals surface area contributed by atoms with E-state index in [1.807, 2.05) is 0 Å². The molecule has 2 aliphatic heterocycles. The summed E-state index contributed by atoms with van der Waals surface area (Å²) in [5.41, 5.74) is 29.6. The van der Waals surface area contributed by atoms with E-state index in [2.05, 4.69) is 340 Å². The fourth-order valence-electron chi connectivity index (χ4n) is 15.4. The number of aromatic nitrogens is 3.